The lowest BCUT2D eigenvalue weighted by Crippen LogP contribution is -2.32. The van der Waals surface area contributed by atoms with E-state index in [2.05, 4.69) is 10.6 Å². The lowest BCUT2D eigenvalue weighted by Gasteiger charge is -2.17. The molecule has 5 nitrogen and oxygen atoms in total. The monoisotopic (exact) mass is 346 g/mol. The Labute approximate surface area is 151 Å². The molecular weight excluding hydrogens is 328 g/mol. The molecule has 0 saturated carbocycles. The zero-order chi connectivity index (χ0) is 17.9. The summed E-state index contributed by atoms with van der Waals surface area (Å²) in [7, 11) is 0. The number of amides is 2. The number of anilines is 1. The van der Waals surface area contributed by atoms with Crippen molar-refractivity contribution in [3.8, 4) is 5.75 Å². The predicted octanol–water partition coefficient (Wildman–Crippen LogP) is 3.14. The Hall–Kier alpha value is -3.34. The average Bonchev–Trinajstić information content (AvgIpc) is 2.67. The lowest BCUT2D eigenvalue weighted by atomic mass is 10.00. The third-order valence-electron chi connectivity index (χ3n) is 4.41. The van der Waals surface area contributed by atoms with E-state index in [1.165, 1.54) is 0 Å². The Bertz CT molecular complexity index is 997. The summed E-state index contributed by atoms with van der Waals surface area (Å²) in [6, 6.07) is 19.1. The molecule has 0 saturated heterocycles. The highest BCUT2D eigenvalue weighted by Crippen LogP contribution is 2.21. The van der Waals surface area contributed by atoms with Crippen molar-refractivity contribution in [2.24, 2.45) is 0 Å². The molecule has 4 rings (SSSR count). The fourth-order valence-electron chi connectivity index (χ4n) is 3.09. The van der Waals surface area contributed by atoms with Crippen molar-refractivity contribution in [2.75, 3.05) is 18.5 Å². The molecule has 130 valence electrons. The smallest absolute Gasteiger partial charge is 0.262 e. The molecule has 1 aliphatic heterocycles. The summed E-state index contributed by atoms with van der Waals surface area (Å²) in [5.41, 5.74) is 2.21. The Morgan fingerprint density at radius 1 is 1.04 bits per heavy atom. The number of hydrogen-bond donors (Lipinski definition) is 2. The fourth-order valence-corrected chi connectivity index (χ4v) is 3.09. The predicted molar refractivity (Wildman–Crippen MR) is 101 cm³/mol. The lowest BCUT2D eigenvalue weighted by molar-refractivity contribution is -0.118. The van der Waals surface area contributed by atoms with Crippen molar-refractivity contribution in [3.05, 3.63) is 71.8 Å². The van der Waals surface area contributed by atoms with E-state index >= 15 is 0 Å². The van der Waals surface area contributed by atoms with Crippen molar-refractivity contribution in [1.29, 1.82) is 0 Å². The van der Waals surface area contributed by atoms with Crippen LogP contribution in [0.2, 0.25) is 0 Å². The summed E-state index contributed by atoms with van der Waals surface area (Å²) in [4.78, 5) is 24.1. The summed E-state index contributed by atoms with van der Waals surface area (Å²) in [5.74, 6) is 0.271. The third-order valence-corrected chi connectivity index (χ3v) is 4.41. The van der Waals surface area contributed by atoms with Gasteiger partial charge in [0.05, 0.1) is 0 Å². The largest absolute Gasteiger partial charge is 0.484 e. The van der Waals surface area contributed by atoms with Gasteiger partial charge in [-0.25, -0.2) is 0 Å². The molecule has 0 spiro atoms. The molecule has 3 aromatic carbocycles. The SMILES string of the molecule is O=C(COc1ccc2ccccc2c1)Nc1ccc2c(c1)C(=O)NCC2. The number of ether oxygens (including phenoxy) is 1. The van der Waals surface area contributed by atoms with Crippen molar-refractivity contribution >= 4 is 28.3 Å². The molecule has 2 N–H and O–H groups in total. The van der Waals surface area contributed by atoms with E-state index in [1.807, 2.05) is 54.6 Å². The van der Waals surface area contributed by atoms with Gasteiger partial charge >= 0.3 is 0 Å². The maximum absolute atomic E-state index is 12.2. The first-order chi connectivity index (χ1) is 12.7. The van der Waals surface area contributed by atoms with Crippen LogP contribution in [0.5, 0.6) is 5.75 Å². The quantitative estimate of drug-likeness (QED) is 0.763. The molecule has 3 aromatic rings. The molecule has 1 aliphatic rings. The van der Waals surface area contributed by atoms with Gasteiger partial charge in [-0.3, -0.25) is 9.59 Å². The highest BCUT2D eigenvalue weighted by Gasteiger charge is 2.17. The number of rotatable bonds is 4. The van der Waals surface area contributed by atoms with Gasteiger partial charge in [-0.15, -0.1) is 0 Å². The Morgan fingerprint density at radius 2 is 1.88 bits per heavy atom. The van der Waals surface area contributed by atoms with Crippen LogP contribution in [0.4, 0.5) is 5.69 Å². The molecule has 0 atom stereocenters. The van der Waals surface area contributed by atoms with Gasteiger partial charge in [-0.1, -0.05) is 36.4 Å². The molecule has 1 heterocycles. The van der Waals surface area contributed by atoms with E-state index < -0.39 is 0 Å². The van der Waals surface area contributed by atoms with Crippen LogP contribution in [0, 0.1) is 0 Å². The van der Waals surface area contributed by atoms with Crippen molar-refractivity contribution < 1.29 is 14.3 Å². The minimum Gasteiger partial charge on any atom is -0.484 e. The van der Waals surface area contributed by atoms with E-state index in [0.717, 1.165) is 22.8 Å². The summed E-state index contributed by atoms with van der Waals surface area (Å²) in [6.07, 6.45) is 0.806. The molecule has 2 amide bonds. The zero-order valence-electron chi connectivity index (χ0n) is 14.1. The number of benzene rings is 3. The topological polar surface area (TPSA) is 67.4 Å². The molecule has 0 bridgehead atoms. The molecule has 0 unspecified atom stereocenters. The minimum absolute atomic E-state index is 0.0956. The first-order valence-electron chi connectivity index (χ1n) is 8.52. The summed E-state index contributed by atoms with van der Waals surface area (Å²) >= 11 is 0. The standard InChI is InChI=1S/C21H18N2O3/c24-20(13-26-18-8-6-14-3-1-2-4-16(14)11-18)23-17-7-5-15-9-10-22-21(25)19(15)12-17/h1-8,11-12H,9-10,13H2,(H,22,25)(H,23,24). The first-order valence-corrected chi connectivity index (χ1v) is 8.52. The molecule has 0 aliphatic carbocycles. The Kier molecular flexibility index (Phi) is 4.27. The third kappa shape index (κ3) is 3.37. The highest BCUT2D eigenvalue weighted by atomic mass is 16.5. The van der Waals surface area contributed by atoms with Gasteiger partial charge in [0.2, 0.25) is 0 Å². The van der Waals surface area contributed by atoms with Crippen LogP contribution < -0.4 is 15.4 Å². The van der Waals surface area contributed by atoms with Gasteiger partial charge in [-0.2, -0.15) is 0 Å². The number of nitrogens with one attached hydrogen (secondary N) is 2. The van der Waals surface area contributed by atoms with E-state index in [9.17, 15) is 9.59 Å². The fraction of sp³-hybridized carbons (Fsp3) is 0.143. The maximum Gasteiger partial charge on any atom is 0.262 e. The van der Waals surface area contributed by atoms with Gasteiger partial charge in [0.1, 0.15) is 5.75 Å². The van der Waals surface area contributed by atoms with Crippen LogP contribution in [-0.2, 0) is 11.2 Å². The zero-order valence-corrected chi connectivity index (χ0v) is 14.1. The normalized spacial score (nSPS) is 13.0. The van der Waals surface area contributed by atoms with Gasteiger partial charge < -0.3 is 15.4 Å². The van der Waals surface area contributed by atoms with E-state index in [1.54, 1.807) is 6.07 Å². The van der Waals surface area contributed by atoms with E-state index in [-0.39, 0.29) is 18.4 Å². The Morgan fingerprint density at radius 3 is 2.77 bits per heavy atom. The summed E-state index contributed by atoms with van der Waals surface area (Å²) in [6.45, 7) is 0.554. The molecule has 0 fully saturated rings. The molecule has 26 heavy (non-hydrogen) atoms. The van der Waals surface area contributed by atoms with Gasteiger partial charge in [0.15, 0.2) is 6.61 Å². The molecular formula is C21H18N2O3. The molecule has 0 aromatic heterocycles. The number of hydrogen-bond acceptors (Lipinski definition) is 3. The van der Waals surface area contributed by atoms with Crippen LogP contribution in [0.15, 0.2) is 60.7 Å². The Balaban J connectivity index is 1.40. The maximum atomic E-state index is 12.2. The molecule has 0 radical (unpaired) electrons. The van der Waals surface area contributed by atoms with Crippen molar-refractivity contribution in [2.45, 2.75) is 6.42 Å². The highest BCUT2D eigenvalue weighted by molar-refractivity contribution is 5.99. The number of fused-ring (bicyclic) bond motifs is 2. The van der Waals surface area contributed by atoms with Crippen molar-refractivity contribution in [1.82, 2.24) is 5.32 Å². The summed E-state index contributed by atoms with van der Waals surface area (Å²) in [5, 5.41) is 7.76. The average molecular weight is 346 g/mol. The van der Waals surface area contributed by atoms with Gasteiger partial charge in [0.25, 0.3) is 11.8 Å². The van der Waals surface area contributed by atoms with Crippen LogP contribution >= 0.6 is 0 Å². The first kappa shape index (κ1) is 16.1. The second kappa shape index (κ2) is 6.88. The van der Waals surface area contributed by atoms with E-state index in [4.69, 9.17) is 4.74 Å². The van der Waals surface area contributed by atoms with Crippen LogP contribution in [0.1, 0.15) is 15.9 Å². The van der Waals surface area contributed by atoms with Crippen LogP contribution in [0.25, 0.3) is 10.8 Å². The van der Waals surface area contributed by atoms with Crippen LogP contribution in [-0.4, -0.2) is 25.0 Å². The van der Waals surface area contributed by atoms with Gasteiger partial charge in [0, 0.05) is 17.8 Å². The molecule has 5 heteroatoms. The summed E-state index contributed by atoms with van der Waals surface area (Å²) < 4.78 is 5.59. The van der Waals surface area contributed by atoms with Gasteiger partial charge in [-0.05, 0) is 47.0 Å². The second-order valence-electron chi connectivity index (χ2n) is 6.22. The van der Waals surface area contributed by atoms with Crippen molar-refractivity contribution in [3.63, 3.8) is 0 Å². The second-order valence-corrected chi connectivity index (χ2v) is 6.22. The number of carbonyl (C=O) groups is 2. The van der Waals surface area contributed by atoms with E-state index in [0.29, 0.717) is 23.5 Å². The minimum atomic E-state index is -0.269. The van der Waals surface area contributed by atoms with Crippen LogP contribution in [0.3, 0.4) is 0 Å². The number of carbonyl (C=O) groups excluding carboxylic acids is 2.